The van der Waals surface area contributed by atoms with Crippen LogP contribution in [0.5, 0.6) is 11.9 Å². The molecule has 0 bridgehead atoms. The fraction of sp³-hybridized carbons (Fsp3) is 0.500. The Balaban J connectivity index is 3.02. The van der Waals surface area contributed by atoms with Gasteiger partial charge in [-0.3, -0.25) is 0 Å². The van der Waals surface area contributed by atoms with E-state index in [4.69, 9.17) is 9.47 Å². The molecule has 60 valence electrons. The molecule has 0 unspecified atom stereocenters. The van der Waals surface area contributed by atoms with Crippen LogP contribution in [0.15, 0.2) is 6.20 Å². The summed E-state index contributed by atoms with van der Waals surface area (Å²) in [5, 5.41) is 3.90. The van der Waals surface area contributed by atoms with Crippen molar-refractivity contribution in [1.29, 1.82) is 0 Å². The second kappa shape index (κ2) is 3.14. The van der Waals surface area contributed by atoms with Gasteiger partial charge in [-0.1, -0.05) is 4.68 Å². The lowest BCUT2D eigenvalue weighted by Crippen LogP contribution is -2.33. The van der Waals surface area contributed by atoms with Crippen molar-refractivity contribution in [3.63, 3.8) is 0 Å². The van der Waals surface area contributed by atoms with Gasteiger partial charge in [0.15, 0.2) is 7.05 Å². The molecule has 1 heterocycles. The molecule has 0 aliphatic carbocycles. The molecule has 0 saturated carbocycles. The highest BCUT2D eigenvalue weighted by molar-refractivity contribution is 5.01. The molecule has 0 amide bonds. The van der Waals surface area contributed by atoms with Crippen LogP contribution in [-0.4, -0.2) is 24.3 Å². The Morgan fingerprint density at radius 2 is 2.09 bits per heavy atom. The maximum atomic E-state index is 4.89. The van der Waals surface area contributed by atoms with E-state index in [1.807, 2.05) is 0 Å². The van der Waals surface area contributed by atoms with E-state index in [1.165, 1.54) is 7.11 Å². The molecule has 0 radical (unpaired) electrons. The van der Waals surface area contributed by atoms with Crippen LogP contribution in [0, 0.1) is 0 Å². The minimum absolute atomic E-state index is 0.298. The summed E-state index contributed by atoms with van der Waals surface area (Å²) in [6, 6.07) is 0.298. The van der Waals surface area contributed by atoms with Crippen LogP contribution < -0.4 is 14.2 Å². The van der Waals surface area contributed by atoms with Gasteiger partial charge in [0.05, 0.1) is 19.3 Å². The van der Waals surface area contributed by atoms with E-state index in [-0.39, 0.29) is 0 Å². The van der Waals surface area contributed by atoms with E-state index in [0.29, 0.717) is 11.9 Å². The van der Waals surface area contributed by atoms with Gasteiger partial charge in [-0.25, -0.2) is 0 Å². The number of aromatic nitrogens is 3. The van der Waals surface area contributed by atoms with Gasteiger partial charge in [-0.2, -0.15) is 0 Å². The van der Waals surface area contributed by atoms with Crippen LogP contribution in [0.4, 0.5) is 0 Å². The monoisotopic (exact) mass is 156 g/mol. The number of hydrogen-bond acceptors (Lipinski definition) is 4. The summed E-state index contributed by atoms with van der Waals surface area (Å²) in [5.41, 5.74) is 0. The second-order valence-corrected chi connectivity index (χ2v) is 1.94. The first-order valence-corrected chi connectivity index (χ1v) is 3.09. The van der Waals surface area contributed by atoms with Gasteiger partial charge in [0.25, 0.3) is 12.1 Å². The number of nitrogens with zero attached hydrogens (tertiary/aromatic N) is 3. The number of ether oxygens (including phenoxy) is 2. The maximum absolute atomic E-state index is 4.89. The smallest absolute Gasteiger partial charge is 0.382 e. The normalized spacial score (nSPS) is 9.36. The molecule has 0 aromatic carbocycles. The Labute approximate surface area is 64.6 Å². The molecule has 11 heavy (non-hydrogen) atoms. The van der Waals surface area contributed by atoms with Crippen molar-refractivity contribution >= 4 is 0 Å². The van der Waals surface area contributed by atoms with Crippen LogP contribution in [0.2, 0.25) is 0 Å². The molecule has 5 heteroatoms. The molecule has 5 nitrogen and oxygen atoms in total. The first-order chi connectivity index (χ1) is 5.26. The summed E-state index contributed by atoms with van der Waals surface area (Å²) in [6.07, 6.45) is 1.66. The molecule has 0 atom stereocenters. The topological polar surface area (TPSA) is 48.1 Å². The van der Waals surface area contributed by atoms with Gasteiger partial charge < -0.3 is 9.47 Å². The van der Waals surface area contributed by atoms with Crippen LogP contribution in [0.25, 0.3) is 0 Å². The molecule has 1 rings (SSSR count). The van der Waals surface area contributed by atoms with Crippen molar-refractivity contribution in [2.75, 3.05) is 14.2 Å². The highest BCUT2D eigenvalue weighted by Gasteiger charge is 2.06. The molecule has 1 aromatic rings. The molecule has 0 saturated heterocycles. The van der Waals surface area contributed by atoms with Crippen LogP contribution in [-0.2, 0) is 7.05 Å². The third-order valence-corrected chi connectivity index (χ3v) is 1.14. The lowest BCUT2D eigenvalue weighted by Gasteiger charge is -1.96. The van der Waals surface area contributed by atoms with E-state index in [0.717, 1.165) is 0 Å². The molecular weight excluding hydrogens is 146 g/mol. The van der Waals surface area contributed by atoms with Crippen LogP contribution in [0.1, 0.15) is 0 Å². The quantitative estimate of drug-likeness (QED) is 0.532. The second-order valence-electron chi connectivity index (χ2n) is 1.94. The zero-order valence-electron chi connectivity index (χ0n) is 6.74. The third kappa shape index (κ3) is 1.76. The molecule has 0 spiro atoms. The van der Waals surface area contributed by atoms with Crippen molar-refractivity contribution < 1.29 is 14.2 Å². The van der Waals surface area contributed by atoms with Crippen molar-refractivity contribution in [3.8, 4) is 11.9 Å². The lowest BCUT2D eigenvalue weighted by atomic mass is 10.8. The van der Waals surface area contributed by atoms with Gasteiger partial charge in [0.1, 0.15) is 0 Å². The predicted molar refractivity (Wildman–Crippen MR) is 36.3 cm³/mol. The Morgan fingerprint density at radius 3 is 2.64 bits per heavy atom. The zero-order valence-corrected chi connectivity index (χ0v) is 6.74. The molecule has 0 aliphatic rings. The average Bonchev–Trinajstić information content (AvgIpc) is 2.03. The summed E-state index contributed by atoms with van der Waals surface area (Å²) in [5.74, 6) is 0.486. The van der Waals surface area contributed by atoms with Crippen molar-refractivity contribution in [2.24, 2.45) is 7.05 Å². The van der Waals surface area contributed by atoms with Gasteiger partial charge in [-0.15, -0.1) is 4.98 Å². The molecule has 0 fully saturated rings. The van der Waals surface area contributed by atoms with E-state index < -0.39 is 0 Å². The van der Waals surface area contributed by atoms with E-state index in [2.05, 4.69) is 10.1 Å². The van der Waals surface area contributed by atoms with E-state index >= 15 is 0 Å². The zero-order chi connectivity index (χ0) is 8.27. The van der Waals surface area contributed by atoms with Gasteiger partial charge in [0, 0.05) is 0 Å². The SMILES string of the molecule is COc1c[n+](C)nc(OC)n1. The Hall–Kier alpha value is -1.39. The first-order valence-electron chi connectivity index (χ1n) is 3.09. The van der Waals surface area contributed by atoms with Crippen molar-refractivity contribution in [2.45, 2.75) is 0 Å². The molecular formula is C6H10N3O2+. The summed E-state index contributed by atoms with van der Waals surface area (Å²) in [7, 11) is 4.82. The first kappa shape index (κ1) is 7.71. The van der Waals surface area contributed by atoms with Crippen molar-refractivity contribution in [3.05, 3.63) is 6.20 Å². The van der Waals surface area contributed by atoms with E-state index in [1.54, 1.807) is 25.0 Å². The summed E-state index contributed by atoms with van der Waals surface area (Å²) in [4.78, 5) is 3.89. The number of aryl methyl sites for hydroxylation is 1. The van der Waals surface area contributed by atoms with Gasteiger partial charge in [0.2, 0.25) is 0 Å². The standard InChI is InChI=1S/C6H10N3O2/c1-9-4-5(10-2)7-6(8-9)11-3/h4H,1-3H3/q+1. The maximum Gasteiger partial charge on any atom is 0.382 e. The van der Waals surface area contributed by atoms with Gasteiger partial charge >= 0.3 is 6.01 Å². The Morgan fingerprint density at radius 1 is 1.36 bits per heavy atom. The Kier molecular flexibility index (Phi) is 2.20. The number of rotatable bonds is 2. The molecule has 0 aliphatic heterocycles. The van der Waals surface area contributed by atoms with Crippen LogP contribution in [0.3, 0.4) is 0 Å². The van der Waals surface area contributed by atoms with Gasteiger partial charge in [-0.05, 0) is 0 Å². The summed E-state index contributed by atoms with van der Waals surface area (Å²) >= 11 is 0. The molecule has 1 aromatic heterocycles. The fourth-order valence-corrected chi connectivity index (χ4v) is 0.654. The lowest BCUT2D eigenvalue weighted by molar-refractivity contribution is -0.732. The van der Waals surface area contributed by atoms with Crippen molar-refractivity contribution in [1.82, 2.24) is 10.1 Å². The highest BCUT2D eigenvalue weighted by atomic mass is 16.5. The van der Waals surface area contributed by atoms with Crippen LogP contribution >= 0.6 is 0 Å². The fourth-order valence-electron chi connectivity index (χ4n) is 0.654. The average molecular weight is 156 g/mol. The summed E-state index contributed by atoms with van der Waals surface area (Å²) in [6.45, 7) is 0. The highest BCUT2D eigenvalue weighted by Crippen LogP contribution is 2.04. The Bertz CT molecular complexity index is 229. The third-order valence-electron chi connectivity index (χ3n) is 1.14. The van der Waals surface area contributed by atoms with E-state index in [9.17, 15) is 0 Å². The number of methoxy groups -OCH3 is 2. The summed E-state index contributed by atoms with van der Waals surface area (Å²) < 4.78 is 11.3. The molecule has 0 N–H and O–H groups in total. The minimum Gasteiger partial charge on any atom is -0.477 e. The predicted octanol–water partition coefficient (Wildman–Crippen LogP) is -0.682. The minimum atomic E-state index is 0.298. The number of hydrogen-bond donors (Lipinski definition) is 0. The largest absolute Gasteiger partial charge is 0.477 e.